The van der Waals surface area contributed by atoms with Crippen LogP contribution in [0.3, 0.4) is 0 Å². The second-order valence-electron chi connectivity index (χ2n) is 5.99. The molecule has 0 saturated heterocycles. The Morgan fingerprint density at radius 3 is 2.35 bits per heavy atom. The molecule has 26 heavy (non-hydrogen) atoms. The number of hydrogen-bond donors (Lipinski definition) is 1. The van der Waals surface area contributed by atoms with Gasteiger partial charge < -0.3 is 9.47 Å². The quantitative estimate of drug-likeness (QED) is 0.834. The third-order valence-corrected chi connectivity index (χ3v) is 5.67. The number of carbonyl (C=O) groups is 1. The van der Waals surface area contributed by atoms with Crippen LogP contribution in [0.1, 0.15) is 17.9 Å². The molecular formula is C18H18FNO5S. The van der Waals surface area contributed by atoms with Crippen molar-refractivity contribution in [3.8, 4) is 11.5 Å². The number of amides is 1. The SMILES string of the molecule is COc1ccc(S(=O)(=O)NC(=O)C2CC2c2ccc(F)cc2)cc1OC. The molecule has 1 amide bonds. The fourth-order valence-electron chi connectivity index (χ4n) is 2.81. The van der Waals surface area contributed by atoms with E-state index in [1.54, 1.807) is 12.1 Å². The van der Waals surface area contributed by atoms with E-state index in [1.807, 2.05) is 0 Å². The number of ether oxygens (including phenoxy) is 2. The van der Waals surface area contributed by atoms with Crippen LogP contribution in [0.4, 0.5) is 4.39 Å². The molecule has 1 N–H and O–H groups in total. The first-order valence-corrected chi connectivity index (χ1v) is 9.38. The van der Waals surface area contributed by atoms with Gasteiger partial charge >= 0.3 is 0 Å². The maximum Gasteiger partial charge on any atom is 0.264 e. The molecular weight excluding hydrogens is 361 g/mol. The molecule has 1 aliphatic carbocycles. The van der Waals surface area contributed by atoms with Crippen LogP contribution in [0.15, 0.2) is 47.4 Å². The minimum absolute atomic E-state index is 0.0949. The Hall–Kier alpha value is -2.61. The highest BCUT2D eigenvalue weighted by molar-refractivity contribution is 7.90. The van der Waals surface area contributed by atoms with Crippen LogP contribution in [0.5, 0.6) is 11.5 Å². The summed E-state index contributed by atoms with van der Waals surface area (Å²) in [5, 5.41) is 0. The first kappa shape index (κ1) is 18.2. The smallest absolute Gasteiger partial charge is 0.264 e. The van der Waals surface area contributed by atoms with E-state index in [0.29, 0.717) is 12.2 Å². The summed E-state index contributed by atoms with van der Waals surface area (Å²) in [6.45, 7) is 0. The zero-order valence-electron chi connectivity index (χ0n) is 14.2. The third-order valence-electron chi connectivity index (χ3n) is 4.33. The minimum Gasteiger partial charge on any atom is -0.493 e. The Labute approximate surface area is 151 Å². The average Bonchev–Trinajstić information content (AvgIpc) is 3.42. The number of nitrogens with one attached hydrogen (secondary N) is 1. The van der Waals surface area contributed by atoms with Crippen molar-refractivity contribution < 1.29 is 27.1 Å². The topological polar surface area (TPSA) is 81.7 Å². The summed E-state index contributed by atoms with van der Waals surface area (Å²) in [5.41, 5.74) is 0.815. The molecule has 2 unspecified atom stereocenters. The lowest BCUT2D eigenvalue weighted by molar-refractivity contribution is -0.120. The fraction of sp³-hybridized carbons (Fsp3) is 0.278. The molecule has 0 aliphatic heterocycles. The highest BCUT2D eigenvalue weighted by atomic mass is 32.2. The van der Waals surface area contributed by atoms with E-state index in [4.69, 9.17) is 9.47 Å². The van der Waals surface area contributed by atoms with E-state index >= 15 is 0 Å². The van der Waals surface area contributed by atoms with Crippen LogP contribution in [0.2, 0.25) is 0 Å². The van der Waals surface area contributed by atoms with Gasteiger partial charge in [0, 0.05) is 12.0 Å². The highest BCUT2D eigenvalue weighted by Gasteiger charge is 2.45. The van der Waals surface area contributed by atoms with Gasteiger partial charge in [-0.15, -0.1) is 0 Å². The normalized spacial score (nSPS) is 18.9. The van der Waals surface area contributed by atoms with E-state index in [9.17, 15) is 17.6 Å². The average molecular weight is 379 g/mol. The third kappa shape index (κ3) is 3.65. The van der Waals surface area contributed by atoms with E-state index in [1.165, 1.54) is 44.6 Å². The Morgan fingerprint density at radius 2 is 1.73 bits per heavy atom. The van der Waals surface area contributed by atoms with Gasteiger partial charge in [-0.05, 0) is 42.2 Å². The summed E-state index contributed by atoms with van der Waals surface area (Å²) in [7, 11) is -1.20. The first-order valence-electron chi connectivity index (χ1n) is 7.90. The van der Waals surface area contributed by atoms with Gasteiger partial charge in [0.05, 0.1) is 19.1 Å². The van der Waals surface area contributed by atoms with Crippen LogP contribution in [-0.2, 0) is 14.8 Å². The van der Waals surface area contributed by atoms with Crippen molar-refractivity contribution in [3.05, 3.63) is 53.8 Å². The van der Waals surface area contributed by atoms with Gasteiger partial charge in [-0.2, -0.15) is 0 Å². The molecule has 3 rings (SSSR count). The highest BCUT2D eigenvalue weighted by Crippen LogP contribution is 2.47. The van der Waals surface area contributed by atoms with Gasteiger partial charge in [0.15, 0.2) is 11.5 Å². The minimum atomic E-state index is -4.03. The number of carbonyl (C=O) groups excluding carboxylic acids is 1. The molecule has 138 valence electrons. The monoisotopic (exact) mass is 379 g/mol. The van der Waals surface area contributed by atoms with Crippen molar-refractivity contribution in [1.82, 2.24) is 4.72 Å². The number of hydrogen-bond acceptors (Lipinski definition) is 5. The molecule has 1 fully saturated rings. The van der Waals surface area contributed by atoms with Crippen LogP contribution >= 0.6 is 0 Å². The van der Waals surface area contributed by atoms with Crippen molar-refractivity contribution in [2.75, 3.05) is 14.2 Å². The Balaban J connectivity index is 1.72. The fourth-order valence-corrected chi connectivity index (χ4v) is 3.86. The standard InChI is InChI=1S/C18H18FNO5S/c1-24-16-8-7-13(9-17(16)25-2)26(22,23)20-18(21)15-10-14(15)11-3-5-12(19)6-4-11/h3-9,14-15H,10H2,1-2H3,(H,20,21). The maximum atomic E-state index is 13.0. The van der Waals surface area contributed by atoms with E-state index in [0.717, 1.165) is 5.56 Å². The van der Waals surface area contributed by atoms with Gasteiger partial charge in [-0.1, -0.05) is 12.1 Å². The number of rotatable bonds is 6. The van der Waals surface area contributed by atoms with Crippen LogP contribution < -0.4 is 14.2 Å². The van der Waals surface area contributed by atoms with Gasteiger partial charge in [-0.3, -0.25) is 4.79 Å². The number of sulfonamides is 1. The molecule has 2 aromatic rings. The van der Waals surface area contributed by atoms with Gasteiger partial charge in [-0.25, -0.2) is 17.5 Å². The summed E-state index contributed by atoms with van der Waals surface area (Å²) in [6, 6.07) is 9.94. The van der Waals surface area contributed by atoms with E-state index in [2.05, 4.69) is 4.72 Å². The summed E-state index contributed by atoms with van der Waals surface area (Å²) in [4.78, 5) is 12.2. The van der Waals surface area contributed by atoms with Gasteiger partial charge in [0.25, 0.3) is 10.0 Å². The molecule has 2 atom stereocenters. The van der Waals surface area contributed by atoms with Crippen molar-refractivity contribution >= 4 is 15.9 Å². The van der Waals surface area contributed by atoms with Crippen molar-refractivity contribution in [2.45, 2.75) is 17.2 Å². The summed E-state index contributed by atoms with van der Waals surface area (Å²) >= 11 is 0. The van der Waals surface area contributed by atoms with Gasteiger partial charge in [0.2, 0.25) is 5.91 Å². The number of benzene rings is 2. The molecule has 0 heterocycles. The van der Waals surface area contributed by atoms with E-state index in [-0.39, 0.29) is 22.4 Å². The molecule has 1 saturated carbocycles. The summed E-state index contributed by atoms with van der Waals surface area (Å²) < 4.78 is 50.1. The molecule has 0 radical (unpaired) electrons. The number of methoxy groups -OCH3 is 2. The van der Waals surface area contributed by atoms with Crippen molar-refractivity contribution in [2.24, 2.45) is 5.92 Å². The number of halogens is 1. The van der Waals surface area contributed by atoms with Crippen molar-refractivity contribution in [3.63, 3.8) is 0 Å². The Morgan fingerprint density at radius 1 is 1.08 bits per heavy atom. The second-order valence-corrected chi connectivity index (χ2v) is 7.67. The van der Waals surface area contributed by atoms with Crippen LogP contribution in [-0.4, -0.2) is 28.5 Å². The van der Waals surface area contributed by atoms with Gasteiger partial charge in [0.1, 0.15) is 5.82 Å². The Kier molecular flexibility index (Phi) is 4.86. The Bertz CT molecular complexity index is 927. The lowest BCUT2D eigenvalue weighted by Crippen LogP contribution is -2.32. The summed E-state index contributed by atoms with van der Waals surface area (Å²) in [6.07, 6.45) is 0.527. The second kappa shape index (κ2) is 6.95. The largest absolute Gasteiger partial charge is 0.493 e. The molecule has 1 aliphatic rings. The molecule has 0 aromatic heterocycles. The first-order chi connectivity index (χ1) is 12.4. The lowest BCUT2D eigenvalue weighted by Gasteiger charge is -2.11. The van der Waals surface area contributed by atoms with Crippen LogP contribution in [0.25, 0.3) is 0 Å². The molecule has 8 heteroatoms. The molecule has 0 spiro atoms. The summed E-state index contributed by atoms with van der Waals surface area (Å²) in [5.74, 6) is -0.845. The molecule has 0 bridgehead atoms. The predicted molar refractivity (Wildman–Crippen MR) is 92.1 cm³/mol. The molecule has 2 aromatic carbocycles. The lowest BCUT2D eigenvalue weighted by atomic mass is 10.1. The zero-order valence-corrected chi connectivity index (χ0v) is 15.0. The zero-order chi connectivity index (χ0) is 18.9. The maximum absolute atomic E-state index is 13.0. The van der Waals surface area contributed by atoms with Crippen molar-refractivity contribution in [1.29, 1.82) is 0 Å². The van der Waals surface area contributed by atoms with E-state index < -0.39 is 21.8 Å². The van der Waals surface area contributed by atoms with Crippen LogP contribution in [0, 0.1) is 11.7 Å². The predicted octanol–water partition coefficient (Wildman–Crippen LogP) is 2.45. The molecule has 6 nitrogen and oxygen atoms in total.